The topological polar surface area (TPSA) is 41.6 Å². The van der Waals surface area contributed by atoms with Gasteiger partial charge >= 0.3 is 0 Å². The van der Waals surface area contributed by atoms with E-state index in [9.17, 15) is 4.79 Å². The molecule has 0 aromatic rings. The van der Waals surface area contributed by atoms with E-state index in [-0.39, 0.29) is 5.60 Å². The molecule has 0 unspecified atom stereocenters. The third kappa shape index (κ3) is 8.16. The Labute approximate surface area is 105 Å². The second-order valence-electron chi connectivity index (χ2n) is 5.82. The van der Waals surface area contributed by atoms with E-state index >= 15 is 0 Å². The Bertz CT molecular complexity index is 216. The Morgan fingerprint density at radius 1 is 1.29 bits per heavy atom. The van der Waals surface area contributed by atoms with Gasteiger partial charge in [0.15, 0.2) is 0 Å². The Morgan fingerprint density at radius 3 is 2.24 bits per heavy atom. The van der Waals surface area contributed by atoms with Gasteiger partial charge in [-0.3, -0.25) is 4.79 Å². The molecule has 4 heteroatoms. The van der Waals surface area contributed by atoms with Crippen molar-refractivity contribution in [3.05, 3.63) is 0 Å². The summed E-state index contributed by atoms with van der Waals surface area (Å²) in [6.45, 7) is 12.2. The first-order valence-corrected chi connectivity index (χ1v) is 6.56. The molecule has 1 N–H and O–H groups in total. The van der Waals surface area contributed by atoms with E-state index in [4.69, 9.17) is 0 Å². The average Bonchev–Trinajstić information content (AvgIpc) is 3.02. The summed E-state index contributed by atoms with van der Waals surface area (Å²) in [5.74, 6) is 1.07. The minimum atomic E-state index is -0.318. The lowest BCUT2D eigenvalue weighted by atomic mass is 10.2. The van der Waals surface area contributed by atoms with Crippen LogP contribution < -0.4 is 5.32 Å². The maximum atomic E-state index is 9.60. The predicted molar refractivity (Wildman–Crippen MR) is 68.9 cm³/mol. The van der Waals surface area contributed by atoms with Crippen LogP contribution in [0.3, 0.4) is 0 Å². The molecule has 2 fully saturated rings. The van der Waals surface area contributed by atoms with Gasteiger partial charge in [0.25, 0.3) is 6.47 Å². The molecule has 2 rings (SSSR count). The highest BCUT2D eigenvalue weighted by Crippen LogP contribution is 2.29. The molecule has 0 bridgehead atoms. The van der Waals surface area contributed by atoms with Crippen LogP contribution in [0.15, 0.2) is 0 Å². The van der Waals surface area contributed by atoms with Crippen LogP contribution in [0.2, 0.25) is 0 Å². The third-order valence-corrected chi connectivity index (χ3v) is 2.82. The fraction of sp³-hybridized carbons (Fsp3) is 0.923. The van der Waals surface area contributed by atoms with Gasteiger partial charge in [-0.1, -0.05) is 0 Å². The van der Waals surface area contributed by atoms with Crippen molar-refractivity contribution in [1.29, 1.82) is 0 Å². The molecule has 0 radical (unpaired) electrons. The summed E-state index contributed by atoms with van der Waals surface area (Å²) in [5.41, 5.74) is -0.318. The first kappa shape index (κ1) is 14.5. The van der Waals surface area contributed by atoms with Gasteiger partial charge in [-0.15, -0.1) is 0 Å². The number of carbonyl (C=O) groups is 1. The van der Waals surface area contributed by atoms with Crippen molar-refractivity contribution in [2.45, 2.75) is 39.2 Å². The fourth-order valence-corrected chi connectivity index (χ4v) is 1.70. The van der Waals surface area contributed by atoms with Gasteiger partial charge in [0.05, 0.1) is 0 Å². The van der Waals surface area contributed by atoms with Gasteiger partial charge in [-0.2, -0.15) is 0 Å². The van der Waals surface area contributed by atoms with Gasteiger partial charge in [0.2, 0.25) is 0 Å². The Balaban J connectivity index is 0.000000185. The van der Waals surface area contributed by atoms with E-state index in [0.717, 1.165) is 5.92 Å². The zero-order chi connectivity index (χ0) is 12.7. The molecule has 0 amide bonds. The number of ether oxygens (including phenoxy) is 1. The summed E-state index contributed by atoms with van der Waals surface area (Å²) in [7, 11) is 0. The number of piperazine rings is 1. The lowest BCUT2D eigenvalue weighted by Gasteiger charge is -2.26. The minimum absolute atomic E-state index is 0.318. The number of hydrogen-bond acceptors (Lipinski definition) is 4. The quantitative estimate of drug-likeness (QED) is 0.757. The summed E-state index contributed by atoms with van der Waals surface area (Å²) in [4.78, 5) is 12.2. The standard InChI is InChI=1S/C8H16N2.C5H10O2/c1-2-8(1)7-10-5-3-9-4-6-10;1-5(2,3)7-4-6/h8-9H,1-7H2;4H,1-3H3. The lowest BCUT2D eigenvalue weighted by molar-refractivity contribution is -0.138. The number of nitrogens with one attached hydrogen (secondary N) is 1. The molecule has 0 atom stereocenters. The highest BCUT2D eigenvalue weighted by atomic mass is 16.5. The first-order valence-electron chi connectivity index (χ1n) is 6.56. The van der Waals surface area contributed by atoms with Crippen LogP contribution in [0.5, 0.6) is 0 Å². The predicted octanol–water partition coefficient (Wildman–Crippen LogP) is 1.26. The minimum Gasteiger partial charge on any atom is -0.462 e. The van der Waals surface area contributed by atoms with E-state index in [1.165, 1.54) is 45.6 Å². The maximum Gasteiger partial charge on any atom is 0.293 e. The molecule has 4 nitrogen and oxygen atoms in total. The largest absolute Gasteiger partial charge is 0.462 e. The van der Waals surface area contributed by atoms with Gasteiger partial charge < -0.3 is 15.0 Å². The molecular weight excluding hydrogens is 216 g/mol. The Hall–Kier alpha value is -0.610. The first-order chi connectivity index (χ1) is 8.01. The summed E-state index contributed by atoms with van der Waals surface area (Å²) < 4.78 is 4.55. The highest BCUT2D eigenvalue weighted by molar-refractivity contribution is 5.37. The van der Waals surface area contributed by atoms with Crippen LogP contribution in [-0.2, 0) is 9.53 Å². The van der Waals surface area contributed by atoms with E-state index in [2.05, 4.69) is 15.0 Å². The Kier molecular flexibility index (Phi) is 5.92. The summed E-state index contributed by atoms with van der Waals surface area (Å²) in [6.07, 6.45) is 2.98. The molecule has 1 aliphatic carbocycles. The lowest BCUT2D eigenvalue weighted by Crippen LogP contribution is -2.44. The van der Waals surface area contributed by atoms with Crippen molar-refractivity contribution in [3.63, 3.8) is 0 Å². The molecule has 1 heterocycles. The van der Waals surface area contributed by atoms with Gasteiger partial charge in [0, 0.05) is 32.7 Å². The fourth-order valence-electron chi connectivity index (χ4n) is 1.70. The number of hydrogen-bond donors (Lipinski definition) is 1. The smallest absolute Gasteiger partial charge is 0.293 e. The van der Waals surface area contributed by atoms with Gasteiger partial charge in [-0.05, 0) is 39.5 Å². The molecule has 100 valence electrons. The second kappa shape index (κ2) is 6.97. The number of carbonyl (C=O) groups excluding carboxylic acids is 1. The zero-order valence-electron chi connectivity index (χ0n) is 11.4. The van der Waals surface area contributed by atoms with Crippen LogP contribution in [0.25, 0.3) is 0 Å². The molecule has 1 saturated carbocycles. The SMILES string of the molecule is C1CN(CC2CC2)CCN1.CC(C)(C)OC=O. The van der Waals surface area contributed by atoms with Crippen molar-refractivity contribution in [1.82, 2.24) is 10.2 Å². The van der Waals surface area contributed by atoms with E-state index in [1.807, 2.05) is 20.8 Å². The molecule has 0 aromatic heterocycles. The summed E-state index contributed by atoms with van der Waals surface area (Å²) in [6, 6.07) is 0. The second-order valence-corrected chi connectivity index (χ2v) is 5.82. The molecule has 1 saturated heterocycles. The molecule has 1 aliphatic heterocycles. The van der Waals surface area contributed by atoms with E-state index in [0.29, 0.717) is 6.47 Å². The zero-order valence-corrected chi connectivity index (χ0v) is 11.4. The van der Waals surface area contributed by atoms with Gasteiger partial charge in [-0.25, -0.2) is 0 Å². The van der Waals surface area contributed by atoms with Crippen molar-refractivity contribution in [2.75, 3.05) is 32.7 Å². The van der Waals surface area contributed by atoms with E-state index in [1.54, 1.807) is 0 Å². The molecule has 2 aliphatic rings. The number of nitrogens with zero attached hydrogens (tertiary/aromatic N) is 1. The molecule has 0 spiro atoms. The molecular formula is C13H26N2O2. The van der Waals surface area contributed by atoms with Crippen molar-refractivity contribution >= 4 is 6.47 Å². The highest BCUT2D eigenvalue weighted by Gasteiger charge is 2.24. The monoisotopic (exact) mass is 242 g/mol. The van der Waals surface area contributed by atoms with Crippen LogP contribution in [-0.4, -0.2) is 49.7 Å². The molecule has 0 aromatic carbocycles. The van der Waals surface area contributed by atoms with Crippen molar-refractivity contribution < 1.29 is 9.53 Å². The summed E-state index contributed by atoms with van der Waals surface area (Å²) in [5, 5.41) is 3.37. The number of rotatable bonds is 3. The van der Waals surface area contributed by atoms with Gasteiger partial charge in [0.1, 0.15) is 5.60 Å². The Morgan fingerprint density at radius 2 is 1.88 bits per heavy atom. The third-order valence-electron chi connectivity index (χ3n) is 2.82. The normalized spacial score (nSPS) is 21.4. The van der Waals surface area contributed by atoms with Crippen LogP contribution in [0.4, 0.5) is 0 Å². The van der Waals surface area contributed by atoms with Crippen molar-refractivity contribution in [3.8, 4) is 0 Å². The van der Waals surface area contributed by atoms with Crippen LogP contribution in [0, 0.1) is 5.92 Å². The van der Waals surface area contributed by atoms with Crippen molar-refractivity contribution in [2.24, 2.45) is 5.92 Å². The van der Waals surface area contributed by atoms with E-state index < -0.39 is 0 Å². The maximum absolute atomic E-state index is 9.60. The van der Waals surface area contributed by atoms with Crippen LogP contribution in [0.1, 0.15) is 33.6 Å². The van der Waals surface area contributed by atoms with Crippen LogP contribution >= 0.6 is 0 Å². The molecule has 17 heavy (non-hydrogen) atoms. The average molecular weight is 242 g/mol. The summed E-state index contributed by atoms with van der Waals surface area (Å²) >= 11 is 0.